The maximum atomic E-state index is 12.3. The van der Waals surface area contributed by atoms with Crippen molar-refractivity contribution < 1.29 is 17.9 Å². The number of aromatic nitrogens is 2. The Hall–Kier alpha value is -3.03. The highest BCUT2D eigenvalue weighted by Gasteiger charge is 2.31. The summed E-state index contributed by atoms with van der Waals surface area (Å²) in [6.07, 6.45) is -1.13. The summed E-state index contributed by atoms with van der Waals surface area (Å²) in [7, 11) is 0. The summed E-state index contributed by atoms with van der Waals surface area (Å²) in [4.78, 5) is 11.2. The Bertz CT molecular complexity index is 938. The molecule has 0 atom stereocenters. The van der Waals surface area contributed by atoms with Crippen LogP contribution in [-0.2, 0) is 0 Å². The van der Waals surface area contributed by atoms with Crippen LogP contribution < -0.4 is 15.0 Å². The number of benzene rings is 2. The van der Waals surface area contributed by atoms with E-state index in [1.54, 1.807) is 18.3 Å². The van der Waals surface area contributed by atoms with Crippen LogP contribution in [-0.4, -0.2) is 35.5 Å². The minimum atomic E-state index is -4.67. The van der Waals surface area contributed by atoms with Crippen molar-refractivity contribution in [3.05, 3.63) is 54.7 Å². The van der Waals surface area contributed by atoms with Crippen LogP contribution in [0.4, 0.5) is 24.7 Å². The van der Waals surface area contributed by atoms with Gasteiger partial charge in [0.15, 0.2) is 0 Å². The fourth-order valence-corrected chi connectivity index (χ4v) is 3.38. The highest BCUT2D eigenvalue weighted by atomic mass is 19.4. The van der Waals surface area contributed by atoms with Gasteiger partial charge in [-0.05, 0) is 49.2 Å². The molecule has 1 N–H and O–H groups in total. The van der Waals surface area contributed by atoms with Crippen LogP contribution in [0.25, 0.3) is 11.0 Å². The normalized spacial score (nSPS) is 15.6. The van der Waals surface area contributed by atoms with E-state index < -0.39 is 6.36 Å². The van der Waals surface area contributed by atoms with Gasteiger partial charge in [0, 0.05) is 24.8 Å². The Balaban J connectivity index is 1.33. The highest BCUT2D eigenvalue weighted by Crippen LogP contribution is 2.27. The average Bonchev–Trinajstić information content (AvgIpc) is 2.68. The first kappa shape index (κ1) is 18.3. The molecule has 1 saturated heterocycles. The molecule has 3 aromatic rings. The molecule has 0 amide bonds. The molecule has 0 radical (unpaired) electrons. The quantitative estimate of drug-likeness (QED) is 0.707. The SMILES string of the molecule is FC(F)(F)Oc1ccc(N2CCC(Nc3cnc4ccccc4n3)CC2)cc1. The first-order valence-electron chi connectivity index (χ1n) is 9.05. The van der Waals surface area contributed by atoms with Crippen LogP contribution in [0, 0.1) is 0 Å². The van der Waals surface area contributed by atoms with Gasteiger partial charge in [-0.3, -0.25) is 4.98 Å². The zero-order valence-electron chi connectivity index (χ0n) is 15.0. The molecule has 28 heavy (non-hydrogen) atoms. The van der Waals surface area contributed by atoms with Crippen LogP contribution in [0.2, 0.25) is 0 Å². The number of fused-ring (bicyclic) bond motifs is 1. The van der Waals surface area contributed by atoms with Crippen LogP contribution in [0.15, 0.2) is 54.7 Å². The van der Waals surface area contributed by atoms with E-state index in [1.165, 1.54) is 12.1 Å². The van der Waals surface area contributed by atoms with Crippen LogP contribution in [0.3, 0.4) is 0 Å². The predicted octanol–water partition coefficient (Wildman–Crippen LogP) is 4.61. The van der Waals surface area contributed by atoms with E-state index in [0.29, 0.717) is 0 Å². The Kier molecular flexibility index (Phi) is 4.93. The van der Waals surface area contributed by atoms with Crippen molar-refractivity contribution in [3.8, 4) is 5.75 Å². The molecule has 5 nitrogen and oxygen atoms in total. The Morgan fingerprint density at radius 2 is 1.64 bits per heavy atom. The van der Waals surface area contributed by atoms with E-state index in [-0.39, 0.29) is 11.8 Å². The van der Waals surface area contributed by atoms with Gasteiger partial charge < -0.3 is 15.0 Å². The molecule has 2 aromatic carbocycles. The first-order chi connectivity index (χ1) is 13.5. The maximum absolute atomic E-state index is 12.3. The van der Waals surface area contributed by atoms with E-state index in [0.717, 1.165) is 48.5 Å². The van der Waals surface area contributed by atoms with Crippen molar-refractivity contribution in [1.82, 2.24) is 9.97 Å². The summed E-state index contributed by atoms with van der Waals surface area (Å²) in [5.74, 6) is 0.550. The van der Waals surface area contributed by atoms with Crippen LogP contribution >= 0.6 is 0 Å². The lowest BCUT2D eigenvalue weighted by Crippen LogP contribution is -2.39. The van der Waals surface area contributed by atoms with Gasteiger partial charge in [-0.25, -0.2) is 4.98 Å². The highest BCUT2D eigenvalue weighted by molar-refractivity contribution is 5.75. The first-order valence-corrected chi connectivity index (χ1v) is 9.05. The molecular formula is C20H19F3N4O. The smallest absolute Gasteiger partial charge is 0.406 e. The summed E-state index contributed by atoms with van der Waals surface area (Å²) < 4.78 is 40.7. The largest absolute Gasteiger partial charge is 0.573 e. The second-order valence-electron chi connectivity index (χ2n) is 6.69. The molecule has 0 saturated carbocycles. The van der Waals surface area contributed by atoms with Gasteiger partial charge >= 0.3 is 6.36 Å². The second-order valence-corrected chi connectivity index (χ2v) is 6.69. The van der Waals surface area contributed by atoms with Crippen LogP contribution in [0.5, 0.6) is 5.75 Å². The van der Waals surface area contributed by atoms with Gasteiger partial charge in [-0.15, -0.1) is 13.2 Å². The zero-order valence-corrected chi connectivity index (χ0v) is 15.0. The summed E-state index contributed by atoms with van der Waals surface area (Å²) in [5, 5.41) is 3.43. The van der Waals surface area contributed by atoms with Crippen molar-refractivity contribution in [1.29, 1.82) is 0 Å². The standard InChI is InChI=1S/C20H19F3N4O/c21-20(22,23)28-16-7-5-15(6-8-16)27-11-9-14(10-12-27)25-19-13-24-17-3-1-2-4-18(17)26-19/h1-8,13-14H,9-12H2,(H,25,26). The number of nitrogens with one attached hydrogen (secondary N) is 1. The lowest BCUT2D eigenvalue weighted by Gasteiger charge is -2.34. The van der Waals surface area contributed by atoms with E-state index in [4.69, 9.17) is 0 Å². The van der Waals surface area contributed by atoms with Gasteiger partial charge in [-0.2, -0.15) is 0 Å². The molecule has 146 valence electrons. The number of anilines is 2. The number of nitrogens with zero attached hydrogens (tertiary/aromatic N) is 3. The number of para-hydroxylation sites is 2. The van der Waals surface area contributed by atoms with Crippen molar-refractivity contribution in [2.75, 3.05) is 23.3 Å². The number of rotatable bonds is 4. The molecule has 0 aliphatic carbocycles. The fourth-order valence-electron chi connectivity index (χ4n) is 3.38. The van der Waals surface area contributed by atoms with Gasteiger partial charge in [0.25, 0.3) is 0 Å². The van der Waals surface area contributed by atoms with Crippen molar-refractivity contribution in [2.24, 2.45) is 0 Å². The third-order valence-corrected chi connectivity index (χ3v) is 4.73. The van der Waals surface area contributed by atoms with E-state index in [2.05, 4.69) is 24.9 Å². The second kappa shape index (κ2) is 7.53. The van der Waals surface area contributed by atoms with E-state index >= 15 is 0 Å². The summed E-state index contributed by atoms with van der Waals surface area (Å²) in [6, 6.07) is 14.0. The average molecular weight is 388 g/mol. The van der Waals surface area contributed by atoms with E-state index in [1.807, 2.05) is 24.3 Å². The Morgan fingerprint density at radius 1 is 0.964 bits per heavy atom. The third kappa shape index (κ3) is 4.44. The van der Waals surface area contributed by atoms with Crippen molar-refractivity contribution >= 4 is 22.5 Å². The molecule has 1 fully saturated rings. The van der Waals surface area contributed by atoms with Gasteiger partial charge in [0.2, 0.25) is 0 Å². The molecular weight excluding hydrogens is 369 g/mol. The minimum absolute atomic E-state index is 0.206. The number of halogens is 3. The molecule has 0 unspecified atom stereocenters. The lowest BCUT2D eigenvalue weighted by molar-refractivity contribution is -0.274. The number of hydrogen-bond acceptors (Lipinski definition) is 5. The molecule has 0 spiro atoms. The van der Waals surface area contributed by atoms with Crippen molar-refractivity contribution in [3.63, 3.8) is 0 Å². The molecule has 1 aromatic heterocycles. The minimum Gasteiger partial charge on any atom is -0.406 e. The molecule has 0 bridgehead atoms. The number of ether oxygens (including phenoxy) is 1. The summed E-state index contributed by atoms with van der Waals surface area (Å²) in [6.45, 7) is 1.61. The molecule has 1 aliphatic rings. The van der Waals surface area contributed by atoms with Gasteiger partial charge in [0.1, 0.15) is 11.6 Å². The van der Waals surface area contributed by atoms with Crippen LogP contribution in [0.1, 0.15) is 12.8 Å². The summed E-state index contributed by atoms with van der Waals surface area (Å²) >= 11 is 0. The number of hydrogen-bond donors (Lipinski definition) is 1. The molecule has 4 rings (SSSR count). The maximum Gasteiger partial charge on any atom is 0.573 e. The Labute approximate surface area is 160 Å². The van der Waals surface area contributed by atoms with E-state index in [9.17, 15) is 13.2 Å². The van der Waals surface area contributed by atoms with Gasteiger partial charge in [0.05, 0.1) is 17.2 Å². The topological polar surface area (TPSA) is 50.3 Å². The Morgan fingerprint density at radius 3 is 2.32 bits per heavy atom. The monoisotopic (exact) mass is 388 g/mol. The van der Waals surface area contributed by atoms with Crippen molar-refractivity contribution in [2.45, 2.75) is 25.2 Å². The summed E-state index contributed by atoms with van der Waals surface area (Å²) in [5.41, 5.74) is 2.60. The lowest BCUT2D eigenvalue weighted by atomic mass is 10.0. The molecule has 8 heteroatoms. The molecule has 2 heterocycles. The zero-order chi connectivity index (χ0) is 19.6. The third-order valence-electron chi connectivity index (χ3n) is 4.73. The number of piperidine rings is 1. The predicted molar refractivity (Wildman–Crippen MR) is 102 cm³/mol. The molecule has 1 aliphatic heterocycles. The number of alkyl halides is 3. The fraction of sp³-hybridized carbons (Fsp3) is 0.300. The van der Waals surface area contributed by atoms with Gasteiger partial charge in [-0.1, -0.05) is 12.1 Å².